The van der Waals surface area contributed by atoms with E-state index < -0.39 is 22.0 Å². The summed E-state index contributed by atoms with van der Waals surface area (Å²) in [6, 6.07) is 4.30. The highest BCUT2D eigenvalue weighted by Gasteiger charge is 2.33. The van der Waals surface area contributed by atoms with Gasteiger partial charge < -0.3 is 31.5 Å². The molecule has 0 aliphatic carbocycles. The lowest BCUT2D eigenvalue weighted by Gasteiger charge is -2.34. The first-order valence-corrected chi connectivity index (χ1v) is 15.6. The number of piperidine rings is 1. The van der Waals surface area contributed by atoms with Crippen LogP contribution in [0.25, 0.3) is 0 Å². The van der Waals surface area contributed by atoms with Crippen molar-refractivity contribution in [2.24, 2.45) is 28.3 Å². The molecule has 0 saturated carbocycles. The number of hydrogen-bond donors (Lipinski definition) is 5. The number of carbonyl (C=O) groups is 2. The molecule has 1 aromatic rings. The number of carbonyl (C=O) groups excluding carboxylic acids is 1. The number of nitrogens with one attached hydrogen (secondary N) is 2. The van der Waals surface area contributed by atoms with Crippen LogP contribution >= 0.6 is 0 Å². The molecule has 2 heterocycles. The molecule has 1 fully saturated rings. The lowest BCUT2D eigenvalue weighted by molar-refractivity contribution is -0.137. The predicted molar refractivity (Wildman–Crippen MR) is 153 cm³/mol. The average Bonchev–Trinajstić information content (AvgIpc) is 2.91. The van der Waals surface area contributed by atoms with Crippen LogP contribution in [0, 0.1) is 11.8 Å². The van der Waals surface area contributed by atoms with Gasteiger partial charge in [-0.3, -0.25) is 14.6 Å². The monoisotopic (exact) mass is 580 g/mol. The first-order valence-electron chi connectivity index (χ1n) is 14.1. The highest BCUT2D eigenvalue weighted by atomic mass is 32.2. The number of hydrogen-bond acceptors (Lipinski definition) is 7. The summed E-state index contributed by atoms with van der Waals surface area (Å²) < 4.78 is 35.4. The van der Waals surface area contributed by atoms with Gasteiger partial charge in [-0.2, -0.15) is 4.72 Å². The van der Waals surface area contributed by atoms with Crippen molar-refractivity contribution in [1.82, 2.24) is 9.62 Å². The molecule has 224 valence electrons. The van der Waals surface area contributed by atoms with Crippen LogP contribution in [0.3, 0.4) is 0 Å². The van der Waals surface area contributed by atoms with Gasteiger partial charge in [-0.15, -0.1) is 0 Å². The first kappa shape index (κ1) is 31.6. The van der Waals surface area contributed by atoms with Gasteiger partial charge in [0.2, 0.25) is 15.9 Å². The molecule has 12 nitrogen and oxygen atoms in total. The lowest BCUT2D eigenvalue weighted by Crippen LogP contribution is -2.50. The SMILES string of the molecule is CC1CNc2c(cccc2S(=O)(=O)N[C@@H](CCCN=C(N)N)C(=O)N2CCC(CCOCCCC(=O)O)CC2)C1. The van der Waals surface area contributed by atoms with Crippen molar-refractivity contribution in [3.63, 3.8) is 0 Å². The second-order valence-corrected chi connectivity index (χ2v) is 12.5. The number of carboxylic acid groups (broad SMARTS) is 1. The summed E-state index contributed by atoms with van der Waals surface area (Å²) in [6.45, 7) is 5.14. The number of rotatable bonds is 15. The van der Waals surface area contributed by atoms with Crippen LogP contribution < -0.4 is 21.5 Å². The molecular weight excluding hydrogens is 536 g/mol. The molecule has 2 aliphatic heterocycles. The van der Waals surface area contributed by atoms with Crippen LogP contribution in [-0.4, -0.2) is 81.7 Å². The number of nitrogens with two attached hydrogens (primary N) is 2. The van der Waals surface area contributed by atoms with Crippen molar-refractivity contribution in [1.29, 1.82) is 0 Å². The Kier molecular flexibility index (Phi) is 12.0. The van der Waals surface area contributed by atoms with Gasteiger partial charge in [-0.05, 0) is 68.4 Å². The van der Waals surface area contributed by atoms with Gasteiger partial charge in [0.1, 0.15) is 10.9 Å². The van der Waals surface area contributed by atoms with Crippen molar-refractivity contribution >= 4 is 33.5 Å². The topological polar surface area (TPSA) is 189 Å². The molecule has 1 amide bonds. The molecule has 0 bridgehead atoms. The fraction of sp³-hybridized carbons (Fsp3) is 0.667. The fourth-order valence-electron chi connectivity index (χ4n) is 5.22. The van der Waals surface area contributed by atoms with E-state index in [-0.39, 0.29) is 29.6 Å². The molecule has 1 unspecified atom stereocenters. The number of fused-ring (bicyclic) bond motifs is 1. The Morgan fingerprint density at radius 3 is 2.67 bits per heavy atom. The van der Waals surface area contributed by atoms with Gasteiger partial charge in [0.05, 0.1) is 5.69 Å². The van der Waals surface area contributed by atoms with Crippen LogP contribution in [0.1, 0.15) is 57.4 Å². The number of amides is 1. The first-order chi connectivity index (χ1) is 19.1. The second-order valence-electron chi connectivity index (χ2n) is 10.8. The normalized spacial score (nSPS) is 18.4. The second kappa shape index (κ2) is 15.2. The van der Waals surface area contributed by atoms with E-state index in [2.05, 4.69) is 22.0 Å². The predicted octanol–water partition coefficient (Wildman–Crippen LogP) is 1.50. The van der Waals surface area contributed by atoms with Gasteiger partial charge in [-0.25, -0.2) is 8.42 Å². The standard InChI is InChI=1S/C27H44N6O6S/c1-19-17-21-5-2-7-23(25(21)31-18-19)40(37,38)32-22(6-3-12-30-27(28)29)26(36)33-13-9-20(10-14-33)11-16-39-15-4-8-24(34)35/h2,5,7,19-20,22,31-32H,3-4,6,8-18H2,1H3,(H,34,35)(H4,28,29,30)/t19?,22-/m0/s1. The van der Waals surface area contributed by atoms with E-state index in [9.17, 15) is 18.0 Å². The van der Waals surface area contributed by atoms with Crippen LogP contribution in [-0.2, 0) is 30.8 Å². The number of aliphatic carboxylic acids is 1. The van der Waals surface area contributed by atoms with E-state index in [1.54, 1.807) is 17.0 Å². The van der Waals surface area contributed by atoms with Gasteiger partial charge in [0, 0.05) is 45.8 Å². The molecule has 3 rings (SSSR count). The summed E-state index contributed by atoms with van der Waals surface area (Å²) in [5, 5.41) is 12.0. The number of nitrogens with zero attached hydrogens (tertiary/aromatic N) is 2. The minimum Gasteiger partial charge on any atom is -0.481 e. The zero-order valence-electron chi connectivity index (χ0n) is 23.3. The van der Waals surface area contributed by atoms with Gasteiger partial charge in [-0.1, -0.05) is 19.1 Å². The van der Waals surface area contributed by atoms with Crippen molar-refractivity contribution in [3.8, 4) is 0 Å². The molecule has 2 atom stereocenters. The number of para-hydroxylation sites is 1. The summed E-state index contributed by atoms with van der Waals surface area (Å²) in [4.78, 5) is 30.0. The Balaban J connectivity index is 1.61. The molecule has 13 heteroatoms. The summed E-state index contributed by atoms with van der Waals surface area (Å²) in [5.41, 5.74) is 12.4. The number of anilines is 1. The number of guanidine groups is 1. The van der Waals surface area contributed by atoms with Crippen molar-refractivity contribution in [3.05, 3.63) is 23.8 Å². The van der Waals surface area contributed by atoms with Crippen LogP contribution in [0.15, 0.2) is 28.1 Å². The Hall–Kier alpha value is -2.90. The molecule has 0 spiro atoms. The number of likely N-dealkylation sites (tertiary alicyclic amines) is 1. The smallest absolute Gasteiger partial charge is 0.303 e. The number of sulfonamides is 1. The molecule has 40 heavy (non-hydrogen) atoms. The summed E-state index contributed by atoms with van der Waals surface area (Å²) in [7, 11) is -3.99. The zero-order chi connectivity index (χ0) is 29.1. The maximum absolute atomic E-state index is 13.6. The minimum absolute atomic E-state index is 0.0485. The maximum Gasteiger partial charge on any atom is 0.303 e. The van der Waals surface area contributed by atoms with Gasteiger partial charge >= 0.3 is 5.97 Å². The van der Waals surface area contributed by atoms with E-state index in [1.807, 2.05) is 6.07 Å². The third-order valence-corrected chi connectivity index (χ3v) is 8.93. The lowest BCUT2D eigenvalue weighted by atomic mass is 9.93. The molecule has 0 aromatic heterocycles. The number of ether oxygens (including phenoxy) is 1. The molecule has 1 saturated heterocycles. The number of aliphatic imine (C=N–C) groups is 1. The number of carboxylic acids is 1. The third-order valence-electron chi connectivity index (χ3n) is 7.41. The molecule has 0 radical (unpaired) electrons. The van der Waals surface area contributed by atoms with E-state index in [1.165, 1.54) is 0 Å². The van der Waals surface area contributed by atoms with Crippen molar-refractivity contribution in [2.45, 2.75) is 69.2 Å². The minimum atomic E-state index is -3.99. The fourth-order valence-corrected chi connectivity index (χ4v) is 6.67. The molecular formula is C27H44N6O6S. The van der Waals surface area contributed by atoms with Crippen molar-refractivity contribution < 1.29 is 27.9 Å². The summed E-state index contributed by atoms with van der Waals surface area (Å²) in [5.74, 6) is -0.331. The summed E-state index contributed by atoms with van der Waals surface area (Å²) >= 11 is 0. The number of benzene rings is 1. The molecule has 2 aliphatic rings. The van der Waals surface area contributed by atoms with E-state index in [4.69, 9.17) is 21.3 Å². The zero-order valence-corrected chi connectivity index (χ0v) is 24.1. The van der Waals surface area contributed by atoms with Crippen LogP contribution in [0.5, 0.6) is 0 Å². The highest BCUT2D eigenvalue weighted by Crippen LogP contribution is 2.31. The van der Waals surface area contributed by atoms with Gasteiger partial charge in [0.25, 0.3) is 0 Å². The summed E-state index contributed by atoms with van der Waals surface area (Å²) in [6.07, 6.45) is 4.51. The van der Waals surface area contributed by atoms with Crippen LogP contribution in [0.4, 0.5) is 5.69 Å². The highest BCUT2D eigenvalue weighted by molar-refractivity contribution is 7.89. The quantitative estimate of drug-likeness (QED) is 0.116. The van der Waals surface area contributed by atoms with E-state index in [0.717, 1.165) is 31.2 Å². The molecule has 7 N–H and O–H groups in total. The Bertz CT molecular complexity index is 1130. The Labute approximate surface area is 237 Å². The van der Waals surface area contributed by atoms with E-state index >= 15 is 0 Å². The maximum atomic E-state index is 13.6. The third kappa shape index (κ3) is 9.63. The van der Waals surface area contributed by atoms with E-state index in [0.29, 0.717) is 69.8 Å². The van der Waals surface area contributed by atoms with Crippen molar-refractivity contribution in [2.75, 3.05) is 44.7 Å². The Morgan fingerprint density at radius 1 is 1.23 bits per heavy atom. The Morgan fingerprint density at radius 2 is 1.98 bits per heavy atom. The van der Waals surface area contributed by atoms with Crippen LogP contribution in [0.2, 0.25) is 0 Å². The van der Waals surface area contributed by atoms with Gasteiger partial charge in [0.15, 0.2) is 5.96 Å². The molecule has 1 aromatic carbocycles. The average molecular weight is 581 g/mol. The largest absolute Gasteiger partial charge is 0.481 e.